The normalized spacial score (nSPS) is 26.8. The number of nitrogens with two attached hydrogens (primary N) is 1. The largest absolute Gasteiger partial charge is 0.393 e. The molecule has 1 aromatic heterocycles. The van der Waals surface area contributed by atoms with Gasteiger partial charge in [-0.15, -0.1) is 0 Å². The second-order valence-electron chi connectivity index (χ2n) is 3.24. The Morgan fingerprint density at radius 1 is 1.77 bits per heavy atom. The first-order chi connectivity index (χ1) is 6.18. The number of hydrogen-bond donors (Lipinski definition) is 2. The first-order valence-corrected chi connectivity index (χ1v) is 4.11. The number of aliphatic hydroxyl groups excluding tert-OH is 1. The Hall–Kier alpha value is -1.36. The molecule has 1 aliphatic rings. The molecule has 3 N–H and O–H groups in total. The van der Waals surface area contributed by atoms with Crippen molar-refractivity contribution in [1.82, 2.24) is 9.55 Å². The van der Waals surface area contributed by atoms with Crippen LogP contribution in [0.1, 0.15) is 29.5 Å². The molecule has 5 nitrogen and oxygen atoms in total. The highest BCUT2D eigenvalue weighted by molar-refractivity contribution is 5.89. The van der Waals surface area contributed by atoms with E-state index in [1.165, 1.54) is 0 Å². The van der Waals surface area contributed by atoms with Crippen LogP contribution in [-0.2, 0) is 0 Å². The van der Waals surface area contributed by atoms with Gasteiger partial charge >= 0.3 is 0 Å². The van der Waals surface area contributed by atoms with Gasteiger partial charge in [0.05, 0.1) is 6.10 Å². The van der Waals surface area contributed by atoms with Gasteiger partial charge in [0.15, 0.2) is 5.82 Å². The van der Waals surface area contributed by atoms with Crippen molar-refractivity contribution in [3.05, 3.63) is 18.2 Å². The Balaban J connectivity index is 2.20. The zero-order chi connectivity index (χ0) is 9.42. The van der Waals surface area contributed by atoms with E-state index in [4.69, 9.17) is 10.8 Å². The summed E-state index contributed by atoms with van der Waals surface area (Å²) in [6, 6.07) is 0.149. The van der Waals surface area contributed by atoms with E-state index in [-0.39, 0.29) is 18.0 Å². The lowest BCUT2D eigenvalue weighted by Crippen LogP contribution is -2.33. The highest BCUT2D eigenvalue weighted by Gasteiger charge is 2.30. The van der Waals surface area contributed by atoms with Gasteiger partial charge in [-0.05, 0) is 12.8 Å². The van der Waals surface area contributed by atoms with Crippen LogP contribution < -0.4 is 5.73 Å². The molecule has 0 bridgehead atoms. The molecule has 1 radical (unpaired) electrons. The number of hydrogen-bond acceptors (Lipinski definition) is 3. The molecule has 0 atom stereocenters. The lowest BCUT2D eigenvalue weighted by atomic mass is 9.89. The molecule has 0 spiro atoms. The quantitative estimate of drug-likeness (QED) is 0.642. The number of rotatable bonds is 2. The number of aliphatic hydroxyl groups is 1. The number of amides is 1. The highest BCUT2D eigenvalue weighted by Crippen LogP contribution is 2.32. The second kappa shape index (κ2) is 2.85. The lowest BCUT2D eigenvalue weighted by Gasteiger charge is -2.32. The minimum absolute atomic E-state index is 0.149. The molecule has 13 heavy (non-hydrogen) atoms. The fourth-order valence-corrected chi connectivity index (χ4v) is 1.52. The fourth-order valence-electron chi connectivity index (χ4n) is 1.52. The summed E-state index contributed by atoms with van der Waals surface area (Å²) in [4.78, 5) is 14.6. The molecule has 69 valence electrons. The van der Waals surface area contributed by atoms with Crippen LogP contribution in [0.25, 0.3) is 0 Å². The summed E-state index contributed by atoms with van der Waals surface area (Å²) in [5.41, 5.74) is 5.11. The number of nitrogens with zero attached hydrogens (tertiary/aromatic N) is 2. The molecule has 0 saturated heterocycles. The van der Waals surface area contributed by atoms with Crippen molar-refractivity contribution < 1.29 is 9.90 Å². The van der Waals surface area contributed by atoms with Gasteiger partial charge in [0.25, 0.3) is 5.91 Å². The van der Waals surface area contributed by atoms with Crippen LogP contribution in [0, 0.1) is 6.20 Å². The van der Waals surface area contributed by atoms with Gasteiger partial charge in [-0.25, -0.2) is 4.98 Å². The molecule has 1 heterocycles. The molecule has 2 rings (SSSR count). The van der Waals surface area contributed by atoms with Crippen LogP contribution in [0.4, 0.5) is 0 Å². The average molecular weight is 180 g/mol. The molecule has 1 amide bonds. The number of carbonyl (C=O) groups excluding carboxylic acids is 1. The first-order valence-electron chi connectivity index (χ1n) is 4.11. The third kappa shape index (κ3) is 1.31. The highest BCUT2D eigenvalue weighted by atomic mass is 16.3. The maximum atomic E-state index is 10.9. The minimum Gasteiger partial charge on any atom is -0.393 e. The molecule has 1 fully saturated rings. The van der Waals surface area contributed by atoms with Gasteiger partial charge < -0.3 is 15.4 Å². The number of aromatic nitrogens is 2. The van der Waals surface area contributed by atoms with Gasteiger partial charge in [-0.1, -0.05) is 0 Å². The molecule has 1 saturated carbocycles. The smallest absolute Gasteiger partial charge is 0.284 e. The van der Waals surface area contributed by atoms with E-state index in [9.17, 15) is 4.79 Å². The van der Waals surface area contributed by atoms with E-state index >= 15 is 0 Å². The second-order valence-corrected chi connectivity index (χ2v) is 3.24. The Labute approximate surface area is 75.2 Å². The minimum atomic E-state index is -0.553. The average Bonchev–Trinajstić information content (AvgIpc) is 2.45. The van der Waals surface area contributed by atoms with Gasteiger partial charge in [-0.3, -0.25) is 4.79 Å². The maximum Gasteiger partial charge on any atom is 0.284 e. The molecule has 5 heteroatoms. The molecular weight excluding hydrogens is 170 g/mol. The fraction of sp³-hybridized carbons (Fsp3) is 0.500. The predicted molar refractivity (Wildman–Crippen MR) is 43.9 cm³/mol. The van der Waals surface area contributed by atoms with Crippen LogP contribution in [0.2, 0.25) is 0 Å². The van der Waals surface area contributed by atoms with Crippen LogP contribution in [0.5, 0.6) is 0 Å². The zero-order valence-electron chi connectivity index (χ0n) is 6.97. The van der Waals surface area contributed by atoms with E-state index in [0.29, 0.717) is 12.8 Å². The van der Waals surface area contributed by atoms with Gasteiger partial charge in [0, 0.05) is 12.2 Å². The summed E-state index contributed by atoms with van der Waals surface area (Å²) >= 11 is 0. The molecule has 0 aromatic carbocycles. The summed E-state index contributed by atoms with van der Waals surface area (Å²) in [6.45, 7) is 0. The van der Waals surface area contributed by atoms with E-state index in [1.54, 1.807) is 10.8 Å². The number of primary amides is 1. The summed E-state index contributed by atoms with van der Waals surface area (Å²) < 4.78 is 1.68. The van der Waals surface area contributed by atoms with Crippen molar-refractivity contribution in [2.24, 2.45) is 5.73 Å². The Bertz CT molecular complexity index is 328. The van der Waals surface area contributed by atoms with Gasteiger partial charge in [0.2, 0.25) is 0 Å². The number of carbonyl (C=O) groups is 1. The summed E-state index contributed by atoms with van der Waals surface area (Å²) in [5.74, 6) is -0.334. The van der Waals surface area contributed by atoms with Crippen LogP contribution in [-0.4, -0.2) is 26.7 Å². The van der Waals surface area contributed by atoms with E-state index in [0.717, 1.165) is 0 Å². The summed E-state index contributed by atoms with van der Waals surface area (Å²) in [7, 11) is 0. The monoisotopic (exact) mass is 180 g/mol. The van der Waals surface area contributed by atoms with Crippen molar-refractivity contribution in [1.29, 1.82) is 0 Å². The van der Waals surface area contributed by atoms with E-state index in [2.05, 4.69) is 11.2 Å². The molecule has 1 aromatic rings. The van der Waals surface area contributed by atoms with Crippen LogP contribution in [0.3, 0.4) is 0 Å². The van der Waals surface area contributed by atoms with Crippen molar-refractivity contribution in [3.63, 3.8) is 0 Å². The molecular formula is C8H10N3O2. The van der Waals surface area contributed by atoms with Crippen LogP contribution in [0.15, 0.2) is 6.20 Å². The topological polar surface area (TPSA) is 81.1 Å². The van der Waals surface area contributed by atoms with Crippen molar-refractivity contribution >= 4 is 5.91 Å². The Kier molecular flexibility index (Phi) is 1.81. The zero-order valence-corrected chi connectivity index (χ0v) is 6.97. The van der Waals surface area contributed by atoms with Crippen molar-refractivity contribution in [3.8, 4) is 0 Å². The summed E-state index contributed by atoms with van der Waals surface area (Å²) in [6.07, 6.45) is 5.23. The third-order valence-corrected chi connectivity index (χ3v) is 2.31. The van der Waals surface area contributed by atoms with Gasteiger partial charge in [-0.2, -0.15) is 0 Å². The third-order valence-electron chi connectivity index (χ3n) is 2.31. The van der Waals surface area contributed by atoms with Crippen LogP contribution >= 0.6 is 0 Å². The van der Waals surface area contributed by atoms with Crippen molar-refractivity contribution in [2.75, 3.05) is 0 Å². The standard InChI is InChI=1S/C8H10N3O2/c9-7(13)8-10-1-2-11(8)5-3-6(12)4-5/h2,5-6,12H,3-4H2,(H2,9,13). The van der Waals surface area contributed by atoms with E-state index < -0.39 is 5.91 Å². The molecule has 0 aliphatic heterocycles. The number of imidazole rings is 1. The summed E-state index contributed by atoms with van der Waals surface area (Å²) in [5, 5.41) is 9.09. The predicted octanol–water partition coefficient (Wildman–Crippen LogP) is -0.522. The molecule has 1 aliphatic carbocycles. The Morgan fingerprint density at radius 2 is 2.46 bits per heavy atom. The maximum absolute atomic E-state index is 10.9. The lowest BCUT2D eigenvalue weighted by molar-refractivity contribution is 0.0468. The van der Waals surface area contributed by atoms with E-state index in [1.807, 2.05) is 0 Å². The SMILES string of the molecule is NC(=O)c1n[c]cn1C1CC(O)C1. The van der Waals surface area contributed by atoms with Gasteiger partial charge in [0.1, 0.15) is 6.20 Å². The van der Waals surface area contributed by atoms with Crippen molar-refractivity contribution in [2.45, 2.75) is 25.0 Å². The first kappa shape index (κ1) is 8.25. The Morgan fingerprint density at radius 3 is 3.00 bits per heavy atom. The molecule has 0 unspecified atom stereocenters.